The highest BCUT2D eigenvalue weighted by atomic mass is 15.5. The summed E-state index contributed by atoms with van der Waals surface area (Å²) in [6.07, 6.45) is 2.41. The molecule has 1 aromatic heterocycles. The number of aromatic nitrogens is 3. The molecule has 0 saturated heterocycles. The summed E-state index contributed by atoms with van der Waals surface area (Å²) in [5.41, 5.74) is 0. The Kier molecular flexibility index (Phi) is 1.85. The number of rotatable bonds is 2. The van der Waals surface area contributed by atoms with Gasteiger partial charge in [0.15, 0.2) is 5.82 Å². The summed E-state index contributed by atoms with van der Waals surface area (Å²) in [6.45, 7) is 0. The fourth-order valence-corrected chi connectivity index (χ4v) is 0.593. The van der Waals surface area contributed by atoms with E-state index in [1.807, 2.05) is 6.07 Å². The van der Waals surface area contributed by atoms with Gasteiger partial charge < -0.3 is 5.84 Å². The van der Waals surface area contributed by atoms with Crippen molar-refractivity contribution in [3.63, 3.8) is 0 Å². The predicted molar refractivity (Wildman–Crippen MR) is 34.1 cm³/mol. The van der Waals surface area contributed by atoms with Gasteiger partial charge in [0, 0.05) is 12.8 Å². The maximum atomic E-state index is 8.19. The largest absolute Gasteiger partial charge is 0.322 e. The molecular weight excluding hydrogens is 130 g/mol. The van der Waals surface area contributed by atoms with Gasteiger partial charge in [-0.05, 0) is 0 Å². The molecule has 0 atom stereocenters. The zero-order chi connectivity index (χ0) is 7.40. The predicted octanol–water partition coefficient (Wildman–Crippen LogP) is -0.552. The van der Waals surface area contributed by atoms with E-state index in [0.29, 0.717) is 18.7 Å². The lowest BCUT2D eigenvalue weighted by atomic mass is 10.3. The second-order valence-electron chi connectivity index (χ2n) is 1.80. The summed E-state index contributed by atoms with van der Waals surface area (Å²) in [4.78, 5) is 4.96. The van der Waals surface area contributed by atoms with E-state index in [1.54, 1.807) is 0 Å². The van der Waals surface area contributed by atoms with Crippen molar-refractivity contribution in [1.29, 1.82) is 5.26 Å². The molecule has 0 spiro atoms. The van der Waals surface area contributed by atoms with Crippen molar-refractivity contribution in [2.75, 3.05) is 5.84 Å². The molecular formula is C5H7N5. The molecule has 10 heavy (non-hydrogen) atoms. The molecule has 5 nitrogen and oxygen atoms in total. The summed E-state index contributed by atoms with van der Waals surface area (Å²) in [6, 6.07) is 2.00. The van der Waals surface area contributed by atoms with Gasteiger partial charge in [-0.3, -0.25) is 0 Å². The van der Waals surface area contributed by atoms with Crippen molar-refractivity contribution >= 4 is 0 Å². The van der Waals surface area contributed by atoms with Crippen molar-refractivity contribution in [3.05, 3.63) is 12.2 Å². The standard InChI is InChI=1S/C5H7N5/c6-3-1-2-5-8-4-10(7)9-5/h4H,1-2,7H2. The molecule has 0 aromatic carbocycles. The number of nitrogen functional groups attached to an aromatic ring is 1. The number of aryl methyl sites for hydroxylation is 1. The second kappa shape index (κ2) is 2.82. The van der Waals surface area contributed by atoms with Crippen LogP contribution in [0.2, 0.25) is 0 Å². The molecule has 0 aliphatic heterocycles. The van der Waals surface area contributed by atoms with E-state index in [4.69, 9.17) is 11.1 Å². The van der Waals surface area contributed by atoms with Crippen LogP contribution in [0.1, 0.15) is 12.2 Å². The molecule has 1 rings (SSSR count). The van der Waals surface area contributed by atoms with Crippen LogP contribution >= 0.6 is 0 Å². The van der Waals surface area contributed by atoms with E-state index in [0.717, 1.165) is 4.79 Å². The Morgan fingerprint density at radius 2 is 2.60 bits per heavy atom. The van der Waals surface area contributed by atoms with Crippen molar-refractivity contribution in [2.24, 2.45) is 0 Å². The van der Waals surface area contributed by atoms with Crippen LogP contribution in [0, 0.1) is 11.3 Å². The van der Waals surface area contributed by atoms with Gasteiger partial charge in [0.05, 0.1) is 6.07 Å². The van der Waals surface area contributed by atoms with E-state index in [-0.39, 0.29) is 0 Å². The SMILES string of the molecule is N#CCCc1ncn(N)n1. The third kappa shape index (κ3) is 1.45. The Bertz CT molecular complexity index is 245. The van der Waals surface area contributed by atoms with Gasteiger partial charge in [0.2, 0.25) is 0 Å². The molecule has 0 aliphatic carbocycles. The van der Waals surface area contributed by atoms with Crippen LogP contribution < -0.4 is 5.84 Å². The smallest absolute Gasteiger partial charge is 0.153 e. The number of nitriles is 1. The monoisotopic (exact) mass is 137 g/mol. The number of nitrogens with zero attached hydrogens (tertiary/aromatic N) is 4. The van der Waals surface area contributed by atoms with Gasteiger partial charge in [-0.25, -0.2) is 4.98 Å². The minimum atomic E-state index is 0.435. The van der Waals surface area contributed by atoms with Crippen molar-refractivity contribution in [2.45, 2.75) is 12.8 Å². The van der Waals surface area contributed by atoms with E-state index < -0.39 is 0 Å². The average Bonchev–Trinajstić information content (AvgIpc) is 2.31. The average molecular weight is 137 g/mol. The van der Waals surface area contributed by atoms with Crippen LogP contribution in [0.25, 0.3) is 0 Å². The summed E-state index contributed by atoms with van der Waals surface area (Å²) < 4.78 is 0. The first-order valence-corrected chi connectivity index (χ1v) is 2.85. The van der Waals surface area contributed by atoms with E-state index in [2.05, 4.69) is 10.1 Å². The van der Waals surface area contributed by atoms with Gasteiger partial charge in [-0.2, -0.15) is 10.1 Å². The van der Waals surface area contributed by atoms with Gasteiger partial charge >= 0.3 is 0 Å². The fourth-order valence-electron chi connectivity index (χ4n) is 0.593. The van der Waals surface area contributed by atoms with Crippen LogP contribution in [0.4, 0.5) is 0 Å². The van der Waals surface area contributed by atoms with Crippen LogP contribution in [0.15, 0.2) is 6.33 Å². The van der Waals surface area contributed by atoms with Gasteiger partial charge in [-0.1, -0.05) is 0 Å². The van der Waals surface area contributed by atoms with Crippen molar-refractivity contribution in [3.8, 4) is 6.07 Å². The van der Waals surface area contributed by atoms with Crippen LogP contribution in [-0.2, 0) is 6.42 Å². The molecule has 0 radical (unpaired) electrons. The molecule has 2 N–H and O–H groups in total. The molecule has 1 heterocycles. The van der Waals surface area contributed by atoms with Crippen LogP contribution in [-0.4, -0.2) is 14.9 Å². The van der Waals surface area contributed by atoms with E-state index in [9.17, 15) is 0 Å². The Hall–Kier alpha value is -1.57. The van der Waals surface area contributed by atoms with Gasteiger partial charge in [0.25, 0.3) is 0 Å². The lowest BCUT2D eigenvalue weighted by Crippen LogP contribution is -2.08. The second-order valence-corrected chi connectivity index (χ2v) is 1.80. The highest BCUT2D eigenvalue weighted by Gasteiger charge is 1.96. The van der Waals surface area contributed by atoms with Crippen LogP contribution in [0.3, 0.4) is 0 Å². The quantitative estimate of drug-likeness (QED) is 0.554. The molecule has 0 amide bonds. The molecule has 52 valence electrons. The summed E-state index contributed by atoms with van der Waals surface area (Å²) >= 11 is 0. The van der Waals surface area contributed by atoms with Crippen molar-refractivity contribution < 1.29 is 0 Å². The zero-order valence-electron chi connectivity index (χ0n) is 5.36. The van der Waals surface area contributed by atoms with Gasteiger partial charge in [0.1, 0.15) is 6.33 Å². The highest BCUT2D eigenvalue weighted by molar-refractivity contribution is 4.86. The molecule has 0 bridgehead atoms. The first-order chi connectivity index (χ1) is 4.83. The van der Waals surface area contributed by atoms with Crippen molar-refractivity contribution in [1.82, 2.24) is 14.9 Å². The molecule has 0 unspecified atom stereocenters. The maximum absolute atomic E-state index is 8.19. The lowest BCUT2D eigenvalue weighted by molar-refractivity contribution is 0.790. The Morgan fingerprint density at radius 3 is 3.10 bits per heavy atom. The Morgan fingerprint density at radius 1 is 1.80 bits per heavy atom. The first kappa shape index (κ1) is 6.55. The van der Waals surface area contributed by atoms with Crippen LogP contribution in [0.5, 0.6) is 0 Å². The van der Waals surface area contributed by atoms with Gasteiger partial charge in [-0.15, -0.1) is 5.10 Å². The summed E-state index contributed by atoms with van der Waals surface area (Å²) in [7, 11) is 0. The minimum absolute atomic E-state index is 0.435. The number of hydrogen-bond donors (Lipinski definition) is 1. The molecule has 0 saturated carbocycles. The number of nitrogens with two attached hydrogens (primary N) is 1. The molecule has 0 fully saturated rings. The minimum Gasteiger partial charge on any atom is -0.322 e. The third-order valence-electron chi connectivity index (χ3n) is 1.02. The summed E-state index contributed by atoms with van der Waals surface area (Å²) in [5, 5.41) is 12.0. The first-order valence-electron chi connectivity index (χ1n) is 2.85. The molecule has 1 aromatic rings. The highest BCUT2D eigenvalue weighted by Crippen LogP contribution is 1.91. The zero-order valence-corrected chi connectivity index (χ0v) is 5.36. The fraction of sp³-hybridized carbons (Fsp3) is 0.400. The summed E-state index contributed by atoms with van der Waals surface area (Å²) in [5.74, 6) is 5.83. The normalized spacial score (nSPS) is 9.10. The molecule has 5 heteroatoms. The Labute approximate surface area is 58.1 Å². The topological polar surface area (TPSA) is 80.5 Å². The third-order valence-corrected chi connectivity index (χ3v) is 1.02. The lowest BCUT2D eigenvalue weighted by Gasteiger charge is -1.84. The Balaban J connectivity index is 2.52. The maximum Gasteiger partial charge on any atom is 0.153 e. The van der Waals surface area contributed by atoms with E-state index >= 15 is 0 Å². The number of hydrogen-bond acceptors (Lipinski definition) is 4. The van der Waals surface area contributed by atoms with E-state index in [1.165, 1.54) is 6.33 Å². The molecule has 0 aliphatic rings.